The topological polar surface area (TPSA) is 75.3 Å². The van der Waals surface area contributed by atoms with Crippen LogP contribution in [0.25, 0.3) is 0 Å². The molecule has 2 N–H and O–H groups in total. The van der Waals surface area contributed by atoms with Gasteiger partial charge in [0.1, 0.15) is 0 Å². The molecule has 0 saturated carbocycles. The summed E-state index contributed by atoms with van der Waals surface area (Å²) in [6.07, 6.45) is 3.02. The van der Waals surface area contributed by atoms with E-state index in [-0.39, 0.29) is 22.9 Å². The zero-order valence-electron chi connectivity index (χ0n) is 14.4. The van der Waals surface area contributed by atoms with Gasteiger partial charge in [-0.05, 0) is 51.3 Å². The molecule has 0 radical (unpaired) electrons. The maximum atomic E-state index is 12.0. The smallest absolute Gasteiger partial charge is 0.240 e. The van der Waals surface area contributed by atoms with Crippen molar-refractivity contribution >= 4 is 15.9 Å². The van der Waals surface area contributed by atoms with Crippen molar-refractivity contribution in [1.82, 2.24) is 10.0 Å². The quantitative estimate of drug-likeness (QED) is 0.725. The summed E-state index contributed by atoms with van der Waals surface area (Å²) in [5.41, 5.74) is 0.951. The van der Waals surface area contributed by atoms with E-state index in [4.69, 9.17) is 0 Å². The summed E-state index contributed by atoms with van der Waals surface area (Å²) in [4.78, 5) is 12.1. The van der Waals surface area contributed by atoms with E-state index in [1.165, 1.54) is 0 Å². The van der Waals surface area contributed by atoms with Crippen LogP contribution in [0.2, 0.25) is 0 Å². The first-order valence-corrected chi connectivity index (χ1v) is 9.63. The molecule has 5 nitrogen and oxygen atoms in total. The molecule has 6 heteroatoms. The second-order valence-corrected chi connectivity index (χ2v) is 7.89. The third-order valence-electron chi connectivity index (χ3n) is 3.39. The lowest BCUT2D eigenvalue weighted by Gasteiger charge is -2.13. The van der Waals surface area contributed by atoms with E-state index >= 15 is 0 Å². The van der Waals surface area contributed by atoms with E-state index in [9.17, 15) is 13.2 Å². The number of hydrogen-bond acceptors (Lipinski definition) is 3. The summed E-state index contributed by atoms with van der Waals surface area (Å²) < 4.78 is 26.6. The summed E-state index contributed by atoms with van der Waals surface area (Å²) in [5.74, 6) is 0.0316. The van der Waals surface area contributed by atoms with E-state index < -0.39 is 10.0 Å². The van der Waals surface area contributed by atoms with Crippen LogP contribution in [0, 0.1) is 0 Å². The second-order valence-electron chi connectivity index (χ2n) is 6.18. The van der Waals surface area contributed by atoms with Gasteiger partial charge in [0.25, 0.3) is 0 Å². The Balaban J connectivity index is 2.56. The van der Waals surface area contributed by atoms with E-state index in [2.05, 4.69) is 17.0 Å². The third-order valence-corrected chi connectivity index (χ3v) is 5.07. The number of sulfonamides is 1. The lowest BCUT2D eigenvalue weighted by molar-refractivity contribution is -0.121. The second kappa shape index (κ2) is 9.03. The molecule has 0 aliphatic rings. The van der Waals surface area contributed by atoms with Gasteiger partial charge >= 0.3 is 0 Å². The fourth-order valence-corrected chi connectivity index (χ4v) is 3.57. The molecule has 0 fully saturated rings. The van der Waals surface area contributed by atoms with Gasteiger partial charge in [0, 0.05) is 18.5 Å². The van der Waals surface area contributed by atoms with Crippen molar-refractivity contribution in [2.24, 2.45) is 0 Å². The van der Waals surface area contributed by atoms with E-state index in [1.54, 1.807) is 38.1 Å². The molecule has 1 aromatic rings. The van der Waals surface area contributed by atoms with Gasteiger partial charge in [-0.15, -0.1) is 0 Å². The van der Waals surface area contributed by atoms with E-state index in [0.717, 1.165) is 18.4 Å². The molecule has 0 spiro atoms. The number of aryl methyl sites for hydroxylation is 1. The zero-order chi connectivity index (χ0) is 17.5. The number of nitrogens with one attached hydrogen (secondary N) is 2. The fraction of sp³-hybridized carbons (Fsp3) is 0.588. The molecule has 0 bridgehead atoms. The van der Waals surface area contributed by atoms with Crippen molar-refractivity contribution in [2.45, 2.75) is 70.4 Å². The Morgan fingerprint density at radius 2 is 1.74 bits per heavy atom. The van der Waals surface area contributed by atoms with Gasteiger partial charge < -0.3 is 5.32 Å². The van der Waals surface area contributed by atoms with Gasteiger partial charge in [0.2, 0.25) is 15.9 Å². The molecule has 0 aromatic heterocycles. The lowest BCUT2D eigenvalue weighted by Crippen LogP contribution is -2.32. The van der Waals surface area contributed by atoms with E-state index in [0.29, 0.717) is 12.8 Å². The molecule has 1 aromatic carbocycles. The van der Waals surface area contributed by atoms with Crippen LogP contribution in [-0.4, -0.2) is 26.4 Å². The van der Waals surface area contributed by atoms with Crippen molar-refractivity contribution in [1.29, 1.82) is 0 Å². The van der Waals surface area contributed by atoms with Gasteiger partial charge in [-0.25, -0.2) is 13.1 Å². The van der Waals surface area contributed by atoms with Crippen LogP contribution in [-0.2, 0) is 21.2 Å². The van der Waals surface area contributed by atoms with Crippen molar-refractivity contribution in [3.05, 3.63) is 29.8 Å². The molecule has 1 amide bonds. The van der Waals surface area contributed by atoms with Crippen LogP contribution in [0.1, 0.15) is 52.5 Å². The summed E-state index contributed by atoms with van der Waals surface area (Å²) >= 11 is 0. The van der Waals surface area contributed by atoms with Gasteiger partial charge in [0.15, 0.2) is 0 Å². The number of rotatable bonds is 9. The number of hydrogen-bond donors (Lipinski definition) is 2. The molecule has 0 unspecified atom stereocenters. The fourth-order valence-electron chi connectivity index (χ4n) is 2.32. The first-order chi connectivity index (χ1) is 10.7. The Hall–Kier alpha value is -1.40. The highest BCUT2D eigenvalue weighted by Crippen LogP contribution is 2.12. The first kappa shape index (κ1) is 19.6. The molecule has 0 aliphatic heterocycles. The average molecular weight is 340 g/mol. The molecule has 1 rings (SSSR count). The molecule has 23 heavy (non-hydrogen) atoms. The van der Waals surface area contributed by atoms with Crippen LogP contribution in [0.15, 0.2) is 29.2 Å². The largest absolute Gasteiger partial charge is 0.354 e. The summed E-state index contributed by atoms with van der Waals surface area (Å²) in [5, 5.41) is 2.96. The Bertz CT molecular complexity index is 595. The molecule has 1 atom stereocenters. The Labute approximate surface area is 139 Å². The van der Waals surface area contributed by atoms with Gasteiger partial charge in [-0.3, -0.25) is 4.79 Å². The van der Waals surface area contributed by atoms with E-state index in [1.807, 2.05) is 6.92 Å². The minimum Gasteiger partial charge on any atom is -0.354 e. The highest BCUT2D eigenvalue weighted by atomic mass is 32.2. The number of amides is 1. The van der Waals surface area contributed by atoms with Gasteiger partial charge in [0.05, 0.1) is 4.90 Å². The van der Waals surface area contributed by atoms with Crippen molar-refractivity contribution in [3.8, 4) is 0 Å². The minimum absolute atomic E-state index is 0.0316. The molecule has 130 valence electrons. The van der Waals surface area contributed by atoms with Gasteiger partial charge in [-0.1, -0.05) is 25.5 Å². The third kappa shape index (κ3) is 7.14. The Morgan fingerprint density at radius 1 is 1.13 bits per heavy atom. The predicted octanol–water partition coefficient (Wildman–Crippen LogP) is 2.61. The maximum Gasteiger partial charge on any atom is 0.240 e. The van der Waals surface area contributed by atoms with Crippen LogP contribution >= 0.6 is 0 Å². The molecular weight excluding hydrogens is 312 g/mol. The standard InChI is InChI=1S/C17H28N2O3S/c1-5-6-14(4)18-17(20)12-9-15-7-10-16(11-8-15)23(21,22)19-13(2)3/h7-8,10-11,13-14,19H,5-6,9,12H2,1-4H3,(H,18,20)/t14-/m1/s1. The van der Waals surface area contributed by atoms with Crippen molar-refractivity contribution in [3.63, 3.8) is 0 Å². The molecule has 0 heterocycles. The number of carbonyl (C=O) groups excluding carboxylic acids is 1. The Morgan fingerprint density at radius 3 is 2.26 bits per heavy atom. The van der Waals surface area contributed by atoms with Crippen LogP contribution in [0.5, 0.6) is 0 Å². The molecule has 0 saturated heterocycles. The highest BCUT2D eigenvalue weighted by molar-refractivity contribution is 7.89. The first-order valence-electron chi connectivity index (χ1n) is 8.15. The van der Waals surface area contributed by atoms with Crippen LogP contribution in [0.3, 0.4) is 0 Å². The van der Waals surface area contributed by atoms with Crippen molar-refractivity contribution in [2.75, 3.05) is 0 Å². The average Bonchev–Trinajstić information content (AvgIpc) is 2.44. The normalized spacial score (nSPS) is 13.1. The van der Waals surface area contributed by atoms with Gasteiger partial charge in [-0.2, -0.15) is 0 Å². The zero-order valence-corrected chi connectivity index (χ0v) is 15.2. The van der Waals surface area contributed by atoms with Crippen molar-refractivity contribution < 1.29 is 13.2 Å². The number of carbonyl (C=O) groups is 1. The SMILES string of the molecule is CCC[C@@H](C)NC(=O)CCc1ccc(S(=O)(=O)NC(C)C)cc1. The minimum atomic E-state index is -3.46. The maximum absolute atomic E-state index is 12.0. The molecule has 0 aliphatic carbocycles. The Kier molecular flexibility index (Phi) is 7.72. The lowest BCUT2D eigenvalue weighted by atomic mass is 10.1. The highest BCUT2D eigenvalue weighted by Gasteiger charge is 2.15. The van der Waals surface area contributed by atoms with Crippen LogP contribution < -0.4 is 10.0 Å². The molecular formula is C17H28N2O3S. The van der Waals surface area contributed by atoms with Crippen LogP contribution in [0.4, 0.5) is 0 Å². The monoisotopic (exact) mass is 340 g/mol. The summed E-state index contributed by atoms with van der Waals surface area (Å²) in [7, 11) is -3.46. The predicted molar refractivity (Wildman–Crippen MR) is 92.7 cm³/mol. The summed E-state index contributed by atoms with van der Waals surface area (Å²) in [6.45, 7) is 7.66. The number of benzene rings is 1. The summed E-state index contributed by atoms with van der Waals surface area (Å²) in [6, 6.07) is 6.74.